The average molecular weight is 470 g/mol. The molecule has 0 bridgehead atoms. The van der Waals surface area contributed by atoms with E-state index < -0.39 is 0 Å². The van der Waals surface area contributed by atoms with Crippen molar-refractivity contribution >= 4 is 23.2 Å². The third-order valence-corrected chi connectivity index (χ3v) is 4.70. The average Bonchev–Trinajstić information content (AvgIpc) is 2.53. The van der Waals surface area contributed by atoms with Crippen LogP contribution in [0.25, 0.3) is 0 Å². The van der Waals surface area contributed by atoms with Crippen LogP contribution in [0.4, 0.5) is 0 Å². The summed E-state index contributed by atoms with van der Waals surface area (Å²) in [7, 11) is 0. The van der Waals surface area contributed by atoms with Crippen molar-refractivity contribution in [3.05, 3.63) is 0 Å². The Labute approximate surface area is 204 Å². The van der Waals surface area contributed by atoms with Crippen molar-refractivity contribution in [2.24, 2.45) is 23.7 Å². The first-order valence-electron chi connectivity index (χ1n) is 13.1. The van der Waals surface area contributed by atoms with E-state index in [1.165, 1.54) is 57.8 Å². The number of halogens is 2. The van der Waals surface area contributed by atoms with Gasteiger partial charge < -0.3 is 0 Å². The van der Waals surface area contributed by atoms with Crippen LogP contribution >= 0.6 is 23.2 Å². The second-order valence-corrected chi connectivity index (χ2v) is 12.1. The largest absolute Gasteiger partial charge is 0.123 e. The van der Waals surface area contributed by atoms with Crippen LogP contribution in [0, 0.1) is 23.7 Å². The maximum Gasteiger partial charge on any atom is 0.0321 e. The molecule has 0 fully saturated rings. The zero-order valence-electron chi connectivity index (χ0n) is 23.3. The highest BCUT2D eigenvalue weighted by atomic mass is 35.5. The first-order valence-corrected chi connectivity index (χ1v) is 13.9. The molecule has 0 saturated carbocycles. The third-order valence-electron chi connectivity index (χ3n) is 4.34. The van der Waals surface area contributed by atoms with E-state index >= 15 is 0 Å². The lowest BCUT2D eigenvalue weighted by Crippen LogP contribution is -1.99. The molecular formula is C28H62Cl2. The normalized spacial score (nSPS) is 12.6. The highest BCUT2D eigenvalue weighted by Gasteiger charge is 2.00. The summed E-state index contributed by atoms with van der Waals surface area (Å²) in [4.78, 5) is 0. The molecule has 0 aromatic rings. The quantitative estimate of drug-likeness (QED) is 0.197. The summed E-state index contributed by atoms with van der Waals surface area (Å²) in [5.41, 5.74) is 0. The number of rotatable bonds is 12. The Hall–Kier alpha value is 0.580. The molecule has 0 aromatic carbocycles. The van der Waals surface area contributed by atoms with E-state index in [9.17, 15) is 0 Å². The maximum absolute atomic E-state index is 5.59. The maximum atomic E-state index is 5.59. The molecule has 0 aromatic heterocycles. The Bertz CT molecular complexity index is 242. The van der Waals surface area contributed by atoms with Gasteiger partial charge in [-0.1, -0.05) is 121 Å². The summed E-state index contributed by atoms with van der Waals surface area (Å²) in [5.74, 6) is 3.55. The molecule has 0 radical (unpaired) electrons. The van der Waals surface area contributed by atoms with Crippen molar-refractivity contribution in [2.75, 3.05) is 0 Å². The van der Waals surface area contributed by atoms with Gasteiger partial charge in [-0.25, -0.2) is 0 Å². The minimum Gasteiger partial charge on any atom is -0.123 e. The molecule has 0 saturated heterocycles. The van der Waals surface area contributed by atoms with Gasteiger partial charge in [0.2, 0.25) is 0 Å². The molecule has 0 aliphatic rings. The Morgan fingerprint density at radius 1 is 0.433 bits per heavy atom. The van der Waals surface area contributed by atoms with Gasteiger partial charge in [0.1, 0.15) is 0 Å². The molecule has 188 valence electrons. The van der Waals surface area contributed by atoms with Crippen LogP contribution in [-0.2, 0) is 0 Å². The zero-order chi connectivity index (χ0) is 24.5. The van der Waals surface area contributed by atoms with E-state index in [1.807, 2.05) is 13.8 Å². The lowest BCUT2D eigenvalue weighted by molar-refractivity contribution is 0.469. The van der Waals surface area contributed by atoms with Crippen LogP contribution in [0.5, 0.6) is 0 Å². The molecule has 30 heavy (non-hydrogen) atoms. The monoisotopic (exact) mass is 468 g/mol. The van der Waals surface area contributed by atoms with Crippen molar-refractivity contribution in [1.82, 2.24) is 0 Å². The molecular weight excluding hydrogens is 407 g/mol. The summed E-state index contributed by atoms with van der Waals surface area (Å²) in [6, 6.07) is 0. The van der Waals surface area contributed by atoms with E-state index in [-0.39, 0.29) is 10.8 Å². The van der Waals surface area contributed by atoms with Crippen LogP contribution in [0.3, 0.4) is 0 Å². The van der Waals surface area contributed by atoms with Gasteiger partial charge in [0.15, 0.2) is 0 Å². The van der Waals surface area contributed by atoms with Crippen LogP contribution in [0.15, 0.2) is 0 Å². The molecule has 0 heterocycles. The van der Waals surface area contributed by atoms with Gasteiger partial charge in [0, 0.05) is 10.8 Å². The molecule has 0 aliphatic carbocycles. The van der Waals surface area contributed by atoms with Gasteiger partial charge in [0.05, 0.1) is 0 Å². The van der Waals surface area contributed by atoms with Crippen molar-refractivity contribution in [2.45, 2.75) is 158 Å². The highest BCUT2D eigenvalue weighted by molar-refractivity contribution is 6.23. The number of alkyl halides is 2. The molecule has 0 aliphatic heterocycles. The molecule has 2 atom stereocenters. The Balaban J connectivity index is -0.000000153. The molecule has 0 nitrogen and oxygen atoms in total. The van der Waals surface area contributed by atoms with E-state index in [2.05, 4.69) is 69.2 Å². The zero-order valence-corrected chi connectivity index (χ0v) is 24.8. The fourth-order valence-electron chi connectivity index (χ4n) is 3.12. The van der Waals surface area contributed by atoms with Gasteiger partial charge in [-0.05, 0) is 50.4 Å². The summed E-state index contributed by atoms with van der Waals surface area (Å²) in [5, 5.41) is 0.431. The van der Waals surface area contributed by atoms with Crippen molar-refractivity contribution < 1.29 is 0 Å². The van der Waals surface area contributed by atoms with Crippen molar-refractivity contribution in [1.29, 1.82) is 0 Å². The van der Waals surface area contributed by atoms with Crippen molar-refractivity contribution in [3.63, 3.8) is 0 Å². The smallest absolute Gasteiger partial charge is 0.0321 e. The summed E-state index contributed by atoms with van der Waals surface area (Å²) >= 11 is 11.2. The van der Waals surface area contributed by atoms with Gasteiger partial charge in [-0.2, -0.15) is 0 Å². The van der Waals surface area contributed by atoms with E-state index in [1.54, 1.807) is 0 Å². The minimum absolute atomic E-state index is 0.215. The number of hydrogen-bond acceptors (Lipinski definition) is 0. The lowest BCUT2D eigenvalue weighted by atomic mass is 10.0. The molecule has 0 spiro atoms. The fraction of sp³-hybridized carbons (Fsp3) is 1.00. The van der Waals surface area contributed by atoms with E-state index in [0.717, 1.165) is 30.1 Å². The summed E-state index contributed by atoms with van der Waals surface area (Å²) in [6.45, 7) is 26.6. The summed E-state index contributed by atoms with van der Waals surface area (Å²) < 4.78 is 0. The standard InChI is InChI=1S/C10H22.C7H16.C6H14.C5H10Cl2/c1-4-5-6-7-8-9-10(2)3;1-6(2)5-7(3)4;1-4-5-6(2)3;1-4(6)3-5(2)7/h10H,4-9H2,1-3H3;6-7H,5H2,1-4H3;6H,4-5H2,1-3H3;4-5H,3H2,1-2H3. The Morgan fingerprint density at radius 3 is 1.00 bits per heavy atom. The van der Waals surface area contributed by atoms with E-state index in [4.69, 9.17) is 23.2 Å². The molecule has 0 rings (SSSR count). The second kappa shape index (κ2) is 29.6. The predicted molar refractivity (Wildman–Crippen MR) is 147 cm³/mol. The summed E-state index contributed by atoms with van der Waals surface area (Å²) in [6.07, 6.45) is 13.5. The van der Waals surface area contributed by atoms with Crippen LogP contribution < -0.4 is 0 Å². The van der Waals surface area contributed by atoms with Crippen LogP contribution in [-0.4, -0.2) is 10.8 Å². The molecule has 0 amide bonds. The predicted octanol–water partition coefficient (Wildman–Crippen LogP) is 11.8. The first-order chi connectivity index (χ1) is 13.8. The van der Waals surface area contributed by atoms with Crippen LogP contribution in [0.2, 0.25) is 0 Å². The molecule has 0 N–H and O–H groups in total. The van der Waals surface area contributed by atoms with Gasteiger partial charge in [0.25, 0.3) is 0 Å². The Morgan fingerprint density at radius 2 is 0.833 bits per heavy atom. The lowest BCUT2D eigenvalue weighted by Gasteiger charge is -2.05. The van der Waals surface area contributed by atoms with Gasteiger partial charge in [-0.3, -0.25) is 0 Å². The highest BCUT2D eigenvalue weighted by Crippen LogP contribution is 2.10. The second-order valence-electron chi connectivity index (χ2n) is 10.6. The van der Waals surface area contributed by atoms with E-state index in [0.29, 0.717) is 0 Å². The fourth-order valence-corrected chi connectivity index (χ4v) is 3.75. The molecule has 2 unspecified atom stereocenters. The Kier molecular flexibility index (Phi) is 37.3. The topological polar surface area (TPSA) is 0 Å². The van der Waals surface area contributed by atoms with Gasteiger partial charge in [-0.15, -0.1) is 23.2 Å². The minimum atomic E-state index is 0.215. The third kappa shape index (κ3) is 63.0. The first kappa shape index (κ1) is 37.9. The van der Waals surface area contributed by atoms with Crippen molar-refractivity contribution in [3.8, 4) is 0 Å². The number of hydrogen-bond donors (Lipinski definition) is 0. The van der Waals surface area contributed by atoms with Crippen LogP contribution in [0.1, 0.15) is 147 Å². The molecule has 2 heteroatoms. The SMILES string of the molecule is CC(C)CC(C)C.CC(Cl)CC(C)Cl.CCCC(C)C.CCCCCCCC(C)C. The van der Waals surface area contributed by atoms with Gasteiger partial charge >= 0.3 is 0 Å². The number of unbranched alkanes of at least 4 members (excludes halogenated alkanes) is 4.